The van der Waals surface area contributed by atoms with E-state index in [0.717, 1.165) is 37.0 Å². The average molecular weight is 476 g/mol. The molecule has 9 heteroatoms. The molecule has 0 aliphatic carbocycles. The largest absolute Gasteiger partial charge is 0.466 e. The van der Waals surface area contributed by atoms with Gasteiger partial charge in [-0.25, -0.2) is 4.99 Å². The van der Waals surface area contributed by atoms with E-state index in [1.807, 2.05) is 25.5 Å². The van der Waals surface area contributed by atoms with Gasteiger partial charge in [0.2, 0.25) is 0 Å². The van der Waals surface area contributed by atoms with E-state index in [-0.39, 0.29) is 35.9 Å². The van der Waals surface area contributed by atoms with E-state index < -0.39 is 0 Å². The lowest BCUT2D eigenvalue weighted by Gasteiger charge is -2.34. The number of ether oxygens (including phenoxy) is 1. The highest BCUT2D eigenvalue weighted by Crippen LogP contribution is 2.18. The fourth-order valence-electron chi connectivity index (χ4n) is 2.79. The number of aromatic nitrogens is 3. The minimum Gasteiger partial charge on any atom is -0.466 e. The molecule has 146 valence electrons. The molecule has 0 spiro atoms. The first-order valence-electron chi connectivity index (χ1n) is 8.72. The zero-order valence-electron chi connectivity index (χ0n) is 15.8. The van der Waals surface area contributed by atoms with E-state index in [1.165, 1.54) is 0 Å². The SMILES string of the molecule is C=CCNC(=NCc1nnc(C)n1C)N1CCCC(C(=O)OCC)C1.I. The summed E-state index contributed by atoms with van der Waals surface area (Å²) in [5.41, 5.74) is 0. The van der Waals surface area contributed by atoms with E-state index in [2.05, 4.69) is 32.0 Å². The highest BCUT2D eigenvalue weighted by atomic mass is 127. The number of esters is 1. The molecule has 0 saturated carbocycles. The van der Waals surface area contributed by atoms with Crippen LogP contribution < -0.4 is 5.32 Å². The van der Waals surface area contributed by atoms with Crippen LogP contribution in [0.1, 0.15) is 31.4 Å². The third-order valence-electron chi connectivity index (χ3n) is 4.30. The monoisotopic (exact) mass is 476 g/mol. The van der Waals surface area contributed by atoms with Gasteiger partial charge in [-0.05, 0) is 26.7 Å². The van der Waals surface area contributed by atoms with Gasteiger partial charge in [-0.1, -0.05) is 6.08 Å². The summed E-state index contributed by atoms with van der Waals surface area (Å²) in [7, 11) is 1.93. The van der Waals surface area contributed by atoms with Crippen molar-refractivity contribution < 1.29 is 9.53 Å². The van der Waals surface area contributed by atoms with Gasteiger partial charge in [-0.15, -0.1) is 40.8 Å². The molecule has 1 aromatic rings. The summed E-state index contributed by atoms with van der Waals surface area (Å²) in [5.74, 6) is 2.18. The molecule has 1 N–H and O–H groups in total. The van der Waals surface area contributed by atoms with Crippen LogP contribution >= 0.6 is 24.0 Å². The van der Waals surface area contributed by atoms with Crippen molar-refractivity contribution >= 4 is 35.9 Å². The van der Waals surface area contributed by atoms with E-state index in [9.17, 15) is 4.79 Å². The topological polar surface area (TPSA) is 84.6 Å². The number of hydrogen-bond acceptors (Lipinski definition) is 5. The van der Waals surface area contributed by atoms with Crippen LogP contribution in [0.5, 0.6) is 0 Å². The number of piperidine rings is 1. The fourth-order valence-corrected chi connectivity index (χ4v) is 2.79. The molecule has 1 aromatic heterocycles. The molecular weight excluding hydrogens is 447 g/mol. The van der Waals surface area contributed by atoms with Crippen LogP contribution in [0.4, 0.5) is 0 Å². The van der Waals surface area contributed by atoms with Gasteiger partial charge < -0.3 is 19.5 Å². The van der Waals surface area contributed by atoms with Crippen molar-refractivity contribution in [1.29, 1.82) is 0 Å². The molecular formula is C17H29IN6O2. The van der Waals surface area contributed by atoms with Crippen LogP contribution in [0, 0.1) is 12.8 Å². The molecule has 0 aromatic carbocycles. The number of rotatable bonds is 6. The molecule has 2 rings (SSSR count). The summed E-state index contributed by atoms with van der Waals surface area (Å²) in [6.45, 7) is 10.4. The standard InChI is InChI=1S/C17H28N6O2.HI/c1-5-9-18-17(19-11-15-21-20-13(3)22(15)4)23-10-7-8-14(12-23)16(24)25-6-2;/h5,14H,1,6-12H2,2-4H3,(H,18,19);1H. The summed E-state index contributed by atoms with van der Waals surface area (Å²) in [6, 6.07) is 0. The molecule has 26 heavy (non-hydrogen) atoms. The van der Waals surface area contributed by atoms with Gasteiger partial charge in [-0.2, -0.15) is 0 Å². The Morgan fingerprint density at radius 1 is 1.50 bits per heavy atom. The van der Waals surface area contributed by atoms with Gasteiger partial charge in [0.1, 0.15) is 12.4 Å². The van der Waals surface area contributed by atoms with Crippen molar-refractivity contribution in [3.05, 3.63) is 24.3 Å². The number of hydrogen-bond donors (Lipinski definition) is 1. The van der Waals surface area contributed by atoms with Gasteiger partial charge in [0.25, 0.3) is 0 Å². The first-order valence-corrected chi connectivity index (χ1v) is 8.72. The molecule has 1 aliphatic rings. The summed E-state index contributed by atoms with van der Waals surface area (Å²) in [5, 5.41) is 11.5. The number of aliphatic imine (C=N–C) groups is 1. The van der Waals surface area contributed by atoms with Crippen molar-refractivity contribution in [3.63, 3.8) is 0 Å². The van der Waals surface area contributed by atoms with Crippen LogP contribution in [-0.2, 0) is 23.1 Å². The van der Waals surface area contributed by atoms with Crippen LogP contribution in [0.15, 0.2) is 17.6 Å². The third kappa shape index (κ3) is 5.96. The predicted octanol–water partition coefficient (Wildman–Crippen LogP) is 1.65. The molecule has 1 saturated heterocycles. The first-order chi connectivity index (χ1) is 12.1. The van der Waals surface area contributed by atoms with Gasteiger partial charge in [-0.3, -0.25) is 4.79 Å². The number of likely N-dealkylation sites (tertiary alicyclic amines) is 1. The lowest BCUT2D eigenvalue weighted by molar-refractivity contribution is -0.149. The Kier molecular flexibility index (Phi) is 9.60. The molecule has 1 unspecified atom stereocenters. The molecule has 0 bridgehead atoms. The Labute approximate surface area is 172 Å². The maximum Gasteiger partial charge on any atom is 0.310 e. The Bertz CT molecular complexity index is 631. The number of nitrogens with zero attached hydrogens (tertiary/aromatic N) is 5. The van der Waals surface area contributed by atoms with E-state index >= 15 is 0 Å². The Hall–Kier alpha value is -1.65. The van der Waals surface area contributed by atoms with E-state index in [1.54, 1.807) is 6.08 Å². The Morgan fingerprint density at radius 2 is 2.27 bits per heavy atom. The average Bonchev–Trinajstić information content (AvgIpc) is 2.94. The minimum absolute atomic E-state index is 0. The highest BCUT2D eigenvalue weighted by Gasteiger charge is 2.28. The zero-order chi connectivity index (χ0) is 18.2. The van der Waals surface area contributed by atoms with Gasteiger partial charge in [0.05, 0.1) is 12.5 Å². The van der Waals surface area contributed by atoms with Gasteiger partial charge >= 0.3 is 5.97 Å². The zero-order valence-corrected chi connectivity index (χ0v) is 18.1. The lowest BCUT2D eigenvalue weighted by Crippen LogP contribution is -2.48. The highest BCUT2D eigenvalue weighted by molar-refractivity contribution is 14.0. The van der Waals surface area contributed by atoms with Crippen molar-refractivity contribution in [3.8, 4) is 0 Å². The second-order valence-corrected chi connectivity index (χ2v) is 6.07. The maximum absolute atomic E-state index is 12.1. The summed E-state index contributed by atoms with van der Waals surface area (Å²) in [4.78, 5) is 18.8. The Morgan fingerprint density at radius 3 is 2.88 bits per heavy atom. The predicted molar refractivity (Wildman–Crippen MR) is 111 cm³/mol. The second kappa shape index (κ2) is 11.1. The van der Waals surface area contributed by atoms with Crippen LogP contribution in [0.2, 0.25) is 0 Å². The van der Waals surface area contributed by atoms with Crippen LogP contribution in [0.25, 0.3) is 0 Å². The smallest absolute Gasteiger partial charge is 0.310 e. The lowest BCUT2D eigenvalue weighted by atomic mass is 9.98. The maximum atomic E-state index is 12.1. The second-order valence-electron chi connectivity index (χ2n) is 6.07. The molecule has 0 radical (unpaired) electrons. The number of carbonyl (C=O) groups excluding carboxylic acids is 1. The molecule has 1 atom stereocenters. The van der Waals surface area contributed by atoms with Gasteiger partial charge in [0.15, 0.2) is 11.8 Å². The molecule has 0 amide bonds. The molecule has 1 fully saturated rings. The fraction of sp³-hybridized carbons (Fsp3) is 0.647. The minimum atomic E-state index is -0.126. The summed E-state index contributed by atoms with van der Waals surface area (Å²) < 4.78 is 7.10. The number of nitrogens with one attached hydrogen (secondary N) is 1. The number of aryl methyl sites for hydroxylation is 1. The van der Waals surface area contributed by atoms with E-state index in [4.69, 9.17) is 4.74 Å². The summed E-state index contributed by atoms with van der Waals surface area (Å²) in [6.07, 6.45) is 3.57. The quantitative estimate of drug-likeness (QED) is 0.221. The van der Waals surface area contributed by atoms with Crippen molar-refractivity contribution in [1.82, 2.24) is 25.0 Å². The van der Waals surface area contributed by atoms with Crippen molar-refractivity contribution in [2.24, 2.45) is 18.0 Å². The van der Waals surface area contributed by atoms with Crippen molar-refractivity contribution in [2.75, 3.05) is 26.2 Å². The molecule has 2 heterocycles. The third-order valence-corrected chi connectivity index (χ3v) is 4.30. The van der Waals surface area contributed by atoms with Crippen LogP contribution in [0.3, 0.4) is 0 Å². The molecule has 1 aliphatic heterocycles. The van der Waals surface area contributed by atoms with Crippen LogP contribution in [-0.4, -0.2) is 57.8 Å². The van der Waals surface area contributed by atoms with E-state index in [0.29, 0.717) is 26.2 Å². The number of carbonyl (C=O) groups is 1. The summed E-state index contributed by atoms with van der Waals surface area (Å²) >= 11 is 0. The van der Waals surface area contributed by atoms with Crippen molar-refractivity contribution in [2.45, 2.75) is 33.2 Å². The van der Waals surface area contributed by atoms with Gasteiger partial charge in [0, 0.05) is 26.7 Å². The normalized spacial score (nSPS) is 17.4. The number of halogens is 1. The number of guanidine groups is 1. The Balaban J connectivity index is 0.00000338. The molecule has 8 nitrogen and oxygen atoms in total. The first kappa shape index (κ1) is 22.4.